The van der Waals surface area contributed by atoms with Crippen molar-refractivity contribution in [2.45, 2.75) is 0 Å². The summed E-state index contributed by atoms with van der Waals surface area (Å²) < 4.78 is 32.0. The Kier molecular flexibility index (Phi) is 10.6. The number of phenols is 1. The van der Waals surface area contributed by atoms with Crippen molar-refractivity contribution in [3.05, 3.63) is 82.9 Å². The number of hydrogen-bond donors (Lipinski definition) is 1. The molecule has 0 heterocycles. The Hall–Kier alpha value is -5.18. The molecule has 0 bridgehead atoms. The number of rotatable bonds is 13. The van der Waals surface area contributed by atoms with Crippen LogP contribution in [0, 0.1) is 0 Å². The van der Waals surface area contributed by atoms with Crippen LogP contribution in [0.1, 0.15) is 16.7 Å². The summed E-state index contributed by atoms with van der Waals surface area (Å²) in [6.45, 7) is 0. The Morgan fingerprint density at radius 2 is 1.02 bits per heavy atom. The number of ether oxygens (including phenoxy) is 6. The Morgan fingerprint density at radius 1 is 0.610 bits per heavy atom. The van der Waals surface area contributed by atoms with Crippen LogP contribution in [0.2, 0.25) is 0 Å². The van der Waals surface area contributed by atoms with Crippen LogP contribution >= 0.6 is 0 Å². The summed E-state index contributed by atoms with van der Waals surface area (Å²) >= 11 is 0. The summed E-state index contributed by atoms with van der Waals surface area (Å²) in [5.41, 5.74) is 1.40. The normalized spacial score (nSPS) is 10.8. The van der Waals surface area contributed by atoms with Gasteiger partial charge in [-0.15, -0.1) is 0 Å². The van der Waals surface area contributed by atoms with Crippen molar-refractivity contribution in [1.29, 1.82) is 0 Å². The Morgan fingerprint density at radius 3 is 1.39 bits per heavy atom. The Labute approximate surface area is 238 Å². The zero-order valence-electron chi connectivity index (χ0n) is 23.7. The zero-order chi connectivity index (χ0) is 29.9. The van der Waals surface area contributed by atoms with E-state index in [1.807, 2.05) is 0 Å². The third kappa shape index (κ3) is 7.07. The molecule has 0 saturated carbocycles. The summed E-state index contributed by atoms with van der Waals surface area (Å²) in [5, 5.41) is 10.3. The van der Waals surface area contributed by atoms with Crippen LogP contribution in [0.4, 0.5) is 0 Å². The molecule has 3 aromatic carbocycles. The molecule has 214 valence electrons. The van der Waals surface area contributed by atoms with E-state index in [4.69, 9.17) is 28.4 Å². The first-order chi connectivity index (χ1) is 19.8. The van der Waals surface area contributed by atoms with Crippen molar-refractivity contribution in [1.82, 2.24) is 0 Å². The zero-order valence-corrected chi connectivity index (χ0v) is 23.7. The number of phenolic OH excluding ortho intramolecular Hbond substituents is 1. The Bertz CT molecular complexity index is 1390. The number of benzene rings is 3. The highest BCUT2D eigenvalue weighted by Gasteiger charge is 2.18. The van der Waals surface area contributed by atoms with Crippen LogP contribution in [-0.4, -0.2) is 59.3 Å². The van der Waals surface area contributed by atoms with Gasteiger partial charge in [0.1, 0.15) is 0 Å². The molecule has 0 unspecified atom stereocenters. The van der Waals surface area contributed by atoms with Gasteiger partial charge in [0.15, 0.2) is 46.1 Å². The minimum atomic E-state index is -0.576. The molecule has 3 aromatic rings. The first kappa shape index (κ1) is 30.4. The van der Waals surface area contributed by atoms with Gasteiger partial charge >= 0.3 is 0 Å². The second kappa shape index (κ2) is 14.3. The second-order valence-electron chi connectivity index (χ2n) is 8.39. The lowest BCUT2D eigenvalue weighted by Gasteiger charge is -2.11. The minimum Gasteiger partial charge on any atom is -0.502 e. The predicted octanol–water partition coefficient (Wildman–Crippen LogP) is 5.39. The molecule has 0 aliphatic rings. The lowest BCUT2D eigenvalue weighted by molar-refractivity contribution is -0.116. The highest BCUT2D eigenvalue weighted by Crippen LogP contribution is 2.38. The van der Waals surface area contributed by atoms with Gasteiger partial charge in [-0.3, -0.25) is 9.59 Å². The lowest BCUT2D eigenvalue weighted by Crippen LogP contribution is -2.09. The molecular weight excluding hydrogens is 528 g/mol. The molecule has 0 saturated heterocycles. The van der Waals surface area contributed by atoms with Crippen molar-refractivity contribution in [2.24, 2.45) is 0 Å². The van der Waals surface area contributed by atoms with Crippen LogP contribution in [-0.2, 0) is 9.59 Å². The smallest absolute Gasteiger partial charge is 0.200 e. The SMILES string of the molecule is COc1cc(C=C(C(=O)/C=C/c2cccc(OC)c2OC)C(=O)/C=C/c2cccc(OC)c2OC)cc(OC)c1O. The first-order valence-corrected chi connectivity index (χ1v) is 12.3. The van der Waals surface area contributed by atoms with Gasteiger partial charge in [-0.25, -0.2) is 0 Å². The quantitative estimate of drug-likeness (QED) is 0.167. The maximum atomic E-state index is 13.5. The number of carbonyl (C=O) groups excluding carboxylic acids is 2. The fourth-order valence-corrected chi connectivity index (χ4v) is 4.02. The average Bonchev–Trinajstić information content (AvgIpc) is 3.00. The molecule has 3 rings (SSSR count). The molecule has 0 amide bonds. The summed E-state index contributed by atoms with van der Waals surface area (Å²) in [6, 6.07) is 13.5. The van der Waals surface area contributed by atoms with Gasteiger partial charge in [0.05, 0.1) is 48.2 Å². The monoisotopic (exact) mass is 560 g/mol. The van der Waals surface area contributed by atoms with Gasteiger partial charge in [-0.2, -0.15) is 0 Å². The molecule has 0 radical (unpaired) electrons. The van der Waals surface area contributed by atoms with Gasteiger partial charge in [-0.05, 0) is 60.2 Å². The number of methoxy groups -OCH3 is 6. The maximum Gasteiger partial charge on any atom is 0.200 e. The fraction of sp³-hybridized carbons (Fsp3) is 0.188. The van der Waals surface area contributed by atoms with E-state index in [2.05, 4.69) is 0 Å². The minimum absolute atomic E-state index is 0.114. The molecule has 9 nitrogen and oxygen atoms in total. The van der Waals surface area contributed by atoms with E-state index in [-0.39, 0.29) is 22.8 Å². The predicted molar refractivity (Wildman–Crippen MR) is 156 cm³/mol. The molecule has 0 fully saturated rings. The maximum absolute atomic E-state index is 13.5. The van der Waals surface area contributed by atoms with Crippen molar-refractivity contribution in [3.63, 3.8) is 0 Å². The van der Waals surface area contributed by atoms with Crippen LogP contribution in [0.25, 0.3) is 18.2 Å². The molecule has 1 N–H and O–H groups in total. The number of hydrogen-bond acceptors (Lipinski definition) is 9. The van der Waals surface area contributed by atoms with Crippen molar-refractivity contribution < 1.29 is 43.1 Å². The molecule has 0 aromatic heterocycles. The molecule has 0 atom stereocenters. The molecule has 0 spiro atoms. The highest BCUT2D eigenvalue weighted by atomic mass is 16.5. The summed E-state index contributed by atoms with van der Waals surface area (Å²) in [5.74, 6) is 0.733. The third-order valence-corrected chi connectivity index (χ3v) is 6.04. The van der Waals surface area contributed by atoms with Crippen LogP contribution in [0.15, 0.2) is 66.3 Å². The molecule has 9 heteroatoms. The number of ketones is 2. The lowest BCUT2D eigenvalue weighted by atomic mass is 10.00. The highest BCUT2D eigenvalue weighted by molar-refractivity contribution is 6.31. The van der Waals surface area contributed by atoms with Crippen LogP contribution in [0.3, 0.4) is 0 Å². The van der Waals surface area contributed by atoms with E-state index in [1.165, 1.54) is 85.2 Å². The van der Waals surface area contributed by atoms with E-state index in [0.717, 1.165) is 0 Å². The number of para-hydroxylation sites is 2. The van der Waals surface area contributed by atoms with Gasteiger partial charge in [0.2, 0.25) is 5.75 Å². The van der Waals surface area contributed by atoms with E-state index >= 15 is 0 Å². The molecule has 41 heavy (non-hydrogen) atoms. The van der Waals surface area contributed by atoms with Gasteiger partial charge in [-0.1, -0.05) is 24.3 Å². The van der Waals surface area contributed by atoms with E-state index in [9.17, 15) is 14.7 Å². The number of carbonyl (C=O) groups is 2. The first-order valence-electron chi connectivity index (χ1n) is 12.3. The molecular formula is C32H32O9. The summed E-state index contributed by atoms with van der Waals surface area (Å²) in [7, 11) is 8.78. The van der Waals surface area contributed by atoms with E-state index < -0.39 is 11.6 Å². The summed E-state index contributed by atoms with van der Waals surface area (Å²) in [6.07, 6.45) is 7.02. The summed E-state index contributed by atoms with van der Waals surface area (Å²) in [4.78, 5) is 27.0. The fourth-order valence-electron chi connectivity index (χ4n) is 4.02. The van der Waals surface area contributed by atoms with E-state index in [1.54, 1.807) is 36.4 Å². The Balaban J connectivity index is 2.10. The van der Waals surface area contributed by atoms with Gasteiger partial charge < -0.3 is 33.5 Å². The van der Waals surface area contributed by atoms with Crippen LogP contribution in [0.5, 0.6) is 40.2 Å². The second-order valence-corrected chi connectivity index (χ2v) is 8.39. The van der Waals surface area contributed by atoms with Crippen molar-refractivity contribution in [2.75, 3.05) is 42.7 Å². The number of aromatic hydroxyl groups is 1. The van der Waals surface area contributed by atoms with E-state index in [0.29, 0.717) is 39.7 Å². The van der Waals surface area contributed by atoms with Gasteiger partial charge in [0.25, 0.3) is 0 Å². The third-order valence-electron chi connectivity index (χ3n) is 6.04. The topological polar surface area (TPSA) is 110 Å². The standard InChI is InChI=1S/C32H32O9/c1-36-26-11-7-9-21(31(26)40-5)13-15-24(33)23(17-20-18-28(38-3)30(35)29(19-20)39-4)25(34)16-14-22-10-8-12-27(37-2)32(22)41-6/h7-19,35H,1-6H3/b15-13+,16-14+. The number of allylic oxidation sites excluding steroid dienone is 3. The molecule has 0 aliphatic carbocycles. The molecule has 0 aliphatic heterocycles. The van der Waals surface area contributed by atoms with Crippen LogP contribution < -0.4 is 28.4 Å². The van der Waals surface area contributed by atoms with Crippen molar-refractivity contribution >= 4 is 29.8 Å². The largest absolute Gasteiger partial charge is 0.502 e. The van der Waals surface area contributed by atoms with Gasteiger partial charge in [0, 0.05) is 11.1 Å². The average molecular weight is 561 g/mol. The van der Waals surface area contributed by atoms with Crippen molar-refractivity contribution in [3.8, 4) is 40.2 Å².